The van der Waals surface area contributed by atoms with E-state index >= 15 is 0 Å². The van der Waals surface area contributed by atoms with Gasteiger partial charge in [-0.05, 0) is 66.3 Å². The third kappa shape index (κ3) is 5.30. The van der Waals surface area contributed by atoms with Crippen LogP contribution in [0.15, 0.2) is 71.6 Å². The number of sulfonamides is 1. The highest BCUT2D eigenvalue weighted by Gasteiger charge is 2.34. The van der Waals surface area contributed by atoms with Crippen molar-refractivity contribution in [3.63, 3.8) is 0 Å². The summed E-state index contributed by atoms with van der Waals surface area (Å²) in [5.41, 5.74) is 0.946. The second-order valence-electron chi connectivity index (χ2n) is 8.67. The Morgan fingerprint density at radius 1 is 0.969 bits per heavy atom. The minimum atomic E-state index is -4.26. The monoisotopic (exact) mass is 476 g/mol. The first-order valence-corrected chi connectivity index (χ1v) is 11.9. The van der Waals surface area contributed by atoms with Gasteiger partial charge in [0.25, 0.3) is 10.0 Å². The van der Waals surface area contributed by atoms with Crippen LogP contribution in [0.25, 0.3) is 0 Å². The standard InChI is InChI=1S/C25H25ClF2NO2S/c1-17(22-8-6-5-7-18(22)16-25(2,3)4)29(24-15-20(27)11-14-23(24)28)32(30,31)21-12-9-19(26)10-13-21/h5-17H,1-4H3/t17-/m1/s1. The van der Waals surface area contributed by atoms with Gasteiger partial charge in [0.05, 0.1) is 16.6 Å². The van der Waals surface area contributed by atoms with Gasteiger partial charge in [-0.3, -0.25) is 4.31 Å². The molecule has 1 radical (unpaired) electrons. The largest absolute Gasteiger partial charge is 0.264 e. The highest BCUT2D eigenvalue weighted by Crippen LogP contribution is 2.38. The Kier molecular flexibility index (Phi) is 6.96. The first kappa shape index (κ1) is 24.2. The van der Waals surface area contributed by atoms with E-state index in [0.717, 1.165) is 28.1 Å². The molecule has 3 rings (SSSR count). The third-order valence-electron chi connectivity index (χ3n) is 4.90. The first-order valence-electron chi connectivity index (χ1n) is 10.1. The summed E-state index contributed by atoms with van der Waals surface area (Å²) < 4.78 is 57.3. The zero-order valence-corrected chi connectivity index (χ0v) is 19.9. The summed E-state index contributed by atoms with van der Waals surface area (Å²) in [6, 6.07) is 14.9. The lowest BCUT2D eigenvalue weighted by Gasteiger charge is -2.33. The van der Waals surface area contributed by atoms with Gasteiger partial charge in [-0.15, -0.1) is 0 Å². The minimum Gasteiger partial charge on any atom is -0.256 e. The molecular weight excluding hydrogens is 452 g/mol. The highest BCUT2D eigenvalue weighted by atomic mass is 35.5. The van der Waals surface area contributed by atoms with Crippen LogP contribution in [0.1, 0.15) is 44.9 Å². The van der Waals surface area contributed by atoms with Crippen molar-refractivity contribution in [2.45, 2.75) is 38.6 Å². The molecule has 0 saturated heterocycles. The van der Waals surface area contributed by atoms with Gasteiger partial charge in [0.1, 0.15) is 11.6 Å². The van der Waals surface area contributed by atoms with Crippen LogP contribution in [-0.4, -0.2) is 8.42 Å². The van der Waals surface area contributed by atoms with Crippen LogP contribution in [0.3, 0.4) is 0 Å². The summed E-state index contributed by atoms with van der Waals surface area (Å²) in [5, 5.41) is 0.366. The molecule has 0 saturated carbocycles. The van der Waals surface area contributed by atoms with Crippen molar-refractivity contribution >= 4 is 27.3 Å². The van der Waals surface area contributed by atoms with E-state index in [1.165, 1.54) is 24.3 Å². The highest BCUT2D eigenvalue weighted by molar-refractivity contribution is 7.92. The average molecular weight is 477 g/mol. The summed E-state index contributed by atoms with van der Waals surface area (Å²) in [5.74, 6) is -1.58. The van der Waals surface area contributed by atoms with Gasteiger partial charge in [-0.2, -0.15) is 0 Å². The van der Waals surface area contributed by atoms with Gasteiger partial charge < -0.3 is 0 Å². The SMILES string of the molecule is C[C@H](c1ccccc1[CH]C(C)(C)C)N(c1cc(F)ccc1F)S(=O)(=O)c1ccc(Cl)cc1. The molecule has 0 bridgehead atoms. The van der Waals surface area contributed by atoms with Crippen LogP contribution in [0, 0.1) is 23.5 Å². The quantitative estimate of drug-likeness (QED) is 0.378. The molecule has 0 aliphatic heterocycles. The summed E-state index contributed by atoms with van der Waals surface area (Å²) in [4.78, 5) is -0.0744. The molecule has 7 heteroatoms. The normalized spacial score (nSPS) is 13.1. The third-order valence-corrected chi connectivity index (χ3v) is 7.05. The second-order valence-corrected chi connectivity index (χ2v) is 10.9. The van der Waals surface area contributed by atoms with E-state index in [1.54, 1.807) is 19.1 Å². The van der Waals surface area contributed by atoms with E-state index in [9.17, 15) is 17.2 Å². The number of anilines is 1. The molecule has 3 aromatic carbocycles. The van der Waals surface area contributed by atoms with Gasteiger partial charge in [0.15, 0.2) is 0 Å². The summed E-state index contributed by atoms with van der Waals surface area (Å²) in [6.45, 7) is 7.75. The predicted octanol–water partition coefficient (Wildman–Crippen LogP) is 7.17. The van der Waals surface area contributed by atoms with E-state index < -0.39 is 27.7 Å². The van der Waals surface area contributed by atoms with Crippen LogP contribution in [-0.2, 0) is 10.0 Å². The molecule has 3 aromatic rings. The predicted molar refractivity (Wildman–Crippen MR) is 125 cm³/mol. The number of hydrogen-bond acceptors (Lipinski definition) is 2. The average Bonchev–Trinajstić information content (AvgIpc) is 2.70. The number of rotatable bonds is 6. The Labute approximate surface area is 193 Å². The van der Waals surface area contributed by atoms with Gasteiger partial charge in [-0.1, -0.05) is 56.6 Å². The molecule has 0 aliphatic rings. The molecule has 0 aromatic heterocycles. The van der Waals surface area contributed by atoms with Crippen molar-refractivity contribution in [1.29, 1.82) is 0 Å². The number of nitrogens with zero attached hydrogens (tertiary/aromatic N) is 1. The molecule has 169 valence electrons. The molecule has 0 unspecified atom stereocenters. The Morgan fingerprint density at radius 2 is 1.59 bits per heavy atom. The van der Waals surface area contributed by atoms with Crippen LogP contribution in [0.2, 0.25) is 5.02 Å². The molecule has 1 atom stereocenters. The van der Waals surface area contributed by atoms with Crippen LogP contribution >= 0.6 is 11.6 Å². The molecule has 0 N–H and O–H groups in total. The molecule has 0 spiro atoms. The van der Waals surface area contributed by atoms with Gasteiger partial charge in [0.2, 0.25) is 0 Å². The first-order chi connectivity index (χ1) is 14.9. The molecule has 32 heavy (non-hydrogen) atoms. The molecule has 0 fully saturated rings. The van der Waals surface area contributed by atoms with E-state index in [0.29, 0.717) is 10.6 Å². The molecule has 3 nitrogen and oxygen atoms in total. The van der Waals surface area contributed by atoms with E-state index in [-0.39, 0.29) is 16.0 Å². The van der Waals surface area contributed by atoms with Crippen molar-refractivity contribution < 1.29 is 17.2 Å². The van der Waals surface area contributed by atoms with Crippen LogP contribution in [0.4, 0.5) is 14.5 Å². The smallest absolute Gasteiger partial charge is 0.256 e. The fourth-order valence-electron chi connectivity index (χ4n) is 3.54. The lowest BCUT2D eigenvalue weighted by Crippen LogP contribution is -2.35. The Morgan fingerprint density at radius 3 is 2.22 bits per heavy atom. The number of benzene rings is 3. The number of halogens is 3. The summed E-state index contributed by atoms with van der Waals surface area (Å²) in [7, 11) is -4.26. The maximum absolute atomic E-state index is 14.9. The second kappa shape index (κ2) is 9.20. The van der Waals surface area contributed by atoms with Gasteiger partial charge in [0, 0.05) is 11.1 Å². The van der Waals surface area contributed by atoms with Crippen molar-refractivity contribution in [2.75, 3.05) is 4.31 Å². The lowest BCUT2D eigenvalue weighted by molar-refractivity contribution is 0.503. The summed E-state index contributed by atoms with van der Waals surface area (Å²) in [6.07, 6.45) is 2.02. The zero-order valence-electron chi connectivity index (χ0n) is 18.3. The van der Waals surface area contributed by atoms with Gasteiger partial charge in [-0.25, -0.2) is 17.2 Å². The van der Waals surface area contributed by atoms with Crippen molar-refractivity contribution in [2.24, 2.45) is 5.41 Å². The van der Waals surface area contributed by atoms with Crippen LogP contribution in [0.5, 0.6) is 0 Å². The lowest BCUT2D eigenvalue weighted by atomic mass is 9.85. The Balaban J connectivity index is 2.23. The molecule has 0 amide bonds. The maximum Gasteiger partial charge on any atom is 0.264 e. The molecular formula is C25H25ClF2NO2S. The van der Waals surface area contributed by atoms with Crippen molar-refractivity contribution in [3.05, 3.63) is 101 Å². The fourth-order valence-corrected chi connectivity index (χ4v) is 5.30. The molecule has 0 heterocycles. The van der Waals surface area contributed by atoms with Gasteiger partial charge >= 0.3 is 0 Å². The topological polar surface area (TPSA) is 37.4 Å². The van der Waals surface area contributed by atoms with Crippen molar-refractivity contribution in [1.82, 2.24) is 0 Å². The van der Waals surface area contributed by atoms with E-state index in [4.69, 9.17) is 11.6 Å². The van der Waals surface area contributed by atoms with E-state index in [1.807, 2.05) is 39.3 Å². The zero-order chi connectivity index (χ0) is 23.7. The molecule has 0 aliphatic carbocycles. The fraction of sp³-hybridized carbons (Fsp3) is 0.240. The maximum atomic E-state index is 14.9. The van der Waals surface area contributed by atoms with Crippen molar-refractivity contribution in [3.8, 4) is 0 Å². The van der Waals surface area contributed by atoms with Crippen LogP contribution < -0.4 is 4.31 Å². The minimum absolute atomic E-state index is 0.0744. The van der Waals surface area contributed by atoms with E-state index in [2.05, 4.69) is 0 Å². The Hall–Kier alpha value is -2.44. The number of hydrogen-bond donors (Lipinski definition) is 0. The summed E-state index contributed by atoms with van der Waals surface area (Å²) >= 11 is 5.92. The Bertz CT molecular complexity index is 1210.